The van der Waals surface area contributed by atoms with Gasteiger partial charge in [-0.3, -0.25) is 0 Å². The van der Waals surface area contributed by atoms with E-state index in [1.54, 1.807) is 23.7 Å². The average molecular weight is 322 g/mol. The molecule has 0 saturated heterocycles. The van der Waals surface area contributed by atoms with Crippen molar-refractivity contribution >= 4 is 21.4 Å². The van der Waals surface area contributed by atoms with Gasteiger partial charge in [-0.15, -0.1) is 11.3 Å². The number of aromatic nitrogens is 1. The molecule has 0 radical (unpaired) electrons. The van der Waals surface area contributed by atoms with Crippen LogP contribution in [0.3, 0.4) is 0 Å². The molecule has 0 fully saturated rings. The Morgan fingerprint density at radius 2 is 2.05 bits per heavy atom. The van der Waals surface area contributed by atoms with Crippen LogP contribution >= 0.6 is 11.3 Å². The highest BCUT2D eigenvalue weighted by atomic mass is 32.2. The summed E-state index contributed by atoms with van der Waals surface area (Å²) in [6.07, 6.45) is 2.03. The summed E-state index contributed by atoms with van der Waals surface area (Å²) in [5.74, 6) is 5.63. The molecule has 0 bridgehead atoms. The number of hydrogen-bond acceptors (Lipinski definition) is 5. The lowest BCUT2D eigenvalue weighted by molar-refractivity contribution is 0.305. The van der Waals surface area contributed by atoms with E-state index in [0.717, 1.165) is 0 Å². The molecule has 7 heteroatoms. The van der Waals surface area contributed by atoms with Gasteiger partial charge in [0.05, 0.1) is 18.0 Å². The summed E-state index contributed by atoms with van der Waals surface area (Å²) in [7, 11) is -3.55. The number of nitrogens with zero attached hydrogens (tertiary/aromatic N) is 1. The first-order valence-corrected chi connectivity index (χ1v) is 8.56. The predicted octanol–water partition coefficient (Wildman–Crippen LogP) is 1.36. The van der Waals surface area contributed by atoms with Crippen LogP contribution in [0.4, 0.5) is 0 Å². The van der Waals surface area contributed by atoms with Crippen LogP contribution in [0.2, 0.25) is 0 Å². The molecule has 2 aromatic rings. The van der Waals surface area contributed by atoms with E-state index in [1.807, 2.05) is 0 Å². The largest absolute Gasteiger partial charge is 0.395 e. The molecule has 2 rings (SSSR count). The second-order valence-electron chi connectivity index (χ2n) is 4.05. The SMILES string of the molecule is O=S(=O)(NCc1nccs1)c1ccc(C#CCCO)cc1. The van der Waals surface area contributed by atoms with Crippen molar-refractivity contribution in [3.63, 3.8) is 0 Å². The molecular formula is C14H14N2O3S2. The maximum atomic E-state index is 12.1. The van der Waals surface area contributed by atoms with E-state index in [2.05, 4.69) is 21.5 Å². The average Bonchev–Trinajstić information content (AvgIpc) is 3.00. The Hall–Kier alpha value is -1.72. The summed E-state index contributed by atoms with van der Waals surface area (Å²) in [5.41, 5.74) is 0.710. The molecule has 21 heavy (non-hydrogen) atoms. The number of benzene rings is 1. The summed E-state index contributed by atoms with van der Waals surface area (Å²) in [6.45, 7) is 0.193. The van der Waals surface area contributed by atoms with Gasteiger partial charge in [0.15, 0.2) is 0 Å². The number of aliphatic hydroxyl groups is 1. The van der Waals surface area contributed by atoms with Crippen LogP contribution in [-0.4, -0.2) is 25.1 Å². The summed E-state index contributed by atoms with van der Waals surface area (Å²) in [6, 6.07) is 6.30. The third-order valence-corrected chi connectivity index (χ3v) is 4.73. The second-order valence-corrected chi connectivity index (χ2v) is 6.80. The second kappa shape index (κ2) is 7.33. The minimum absolute atomic E-state index is 0.0140. The Balaban J connectivity index is 2.05. The highest BCUT2D eigenvalue weighted by Gasteiger charge is 2.13. The minimum atomic E-state index is -3.55. The number of aliphatic hydroxyl groups excluding tert-OH is 1. The lowest BCUT2D eigenvalue weighted by atomic mass is 10.2. The molecule has 0 spiro atoms. The Morgan fingerprint density at radius 1 is 1.29 bits per heavy atom. The summed E-state index contributed by atoms with van der Waals surface area (Å²) in [5, 5.41) is 11.1. The molecule has 0 aliphatic carbocycles. The number of hydrogen-bond donors (Lipinski definition) is 2. The first-order chi connectivity index (χ1) is 10.1. The van der Waals surface area contributed by atoms with Crippen molar-refractivity contribution in [1.29, 1.82) is 0 Å². The third-order valence-electron chi connectivity index (χ3n) is 2.53. The van der Waals surface area contributed by atoms with Gasteiger partial charge in [0.25, 0.3) is 0 Å². The van der Waals surface area contributed by atoms with Crippen molar-refractivity contribution in [2.75, 3.05) is 6.61 Å². The lowest BCUT2D eigenvalue weighted by Crippen LogP contribution is -2.23. The Morgan fingerprint density at radius 3 is 2.67 bits per heavy atom. The smallest absolute Gasteiger partial charge is 0.240 e. The van der Waals surface area contributed by atoms with Crippen LogP contribution < -0.4 is 4.72 Å². The topological polar surface area (TPSA) is 79.3 Å². The molecule has 2 N–H and O–H groups in total. The lowest BCUT2D eigenvalue weighted by Gasteiger charge is -2.05. The molecular weight excluding hydrogens is 308 g/mol. The molecule has 0 atom stereocenters. The zero-order valence-electron chi connectivity index (χ0n) is 11.1. The van der Waals surface area contributed by atoms with E-state index < -0.39 is 10.0 Å². The highest BCUT2D eigenvalue weighted by molar-refractivity contribution is 7.89. The van der Waals surface area contributed by atoms with Gasteiger partial charge in [-0.05, 0) is 24.3 Å². The molecule has 110 valence electrons. The van der Waals surface area contributed by atoms with Gasteiger partial charge in [-0.25, -0.2) is 18.1 Å². The van der Waals surface area contributed by atoms with Crippen LogP contribution in [0, 0.1) is 11.8 Å². The van der Waals surface area contributed by atoms with Crippen LogP contribution in [-0.2, 0) is 16.6 Å². The molecule has 0 amide bonds. The van der Waals surface area contributed by atoms with Crippen LogP contribution in [0.5, 0.6) is 0 Å². The fourth-order valence-corrected chi connectivity index (χ4v) is 3.15. The maximum absolute atomic E-state index is 12.1. The Bertz CT molecular complexity index is 727. The first-order valence-electron chi connectivity index (χ1n) is 6.19. The number of sulfonamides is 1. The Labute approximate surface area is 127 Å². The van der Waals surface area contributed by atoms with Crippen molar-refractivity contribution in [2.24, 2.45) is 0 Å². The number of rotatable bonds is 5. The van der Waals surface area contributed by atoms with Crippen LogP contribution in [0.1, 0.15) is 17.0 Å². The predicted molar refractivity (Wildman–Crippen MR) is 81.2 cm³/mol. The summed E-state index contributed by atoms with van der Waals surface area (Å²) in [4.78, 5) is 4.21. The summed E-state index contributed by atoms with van der Waals surface area (Å²) < 4.78 is 26.7. The Kier molecular flexibility index (Phi) is 5.47. The van der Waals surface area contributed by atoms with Gasteiger partial charge in [0.2, 0.25) is 10.0 Å². The van der Waals surface area contributed by atoms with Crippen molar-refractivity contribution in [3.8, 4) is 11.8 Å². The van der Waals surface area contributed by atoms with E-state index >= 15 is 0 Å². The molecule has 1 aromatic heterocycles. The maximum Gasteiger partial charge on any atom is 0.240 e. The van der Waals surface area contributed by atoms with Crippen molar-refractivity contribution in [3.05, 3.63) is 46.4 Å². The molecule has 0 aliphatic rings. The van der Waals surface area contributed by atoms with Crippen molar-refractivity contribution in [2.45, 2.75) is 17.9 Å². The van der Waals surface area contributed by atoms with E-state index in [-0.39, 0.29) is 18.0 Å². The molecule has 0 saturated carbocycles. The van der Waals surface area contributed by atoms with Gasteiger partial charge >= 0.3 is 0 Å². The molecule has 1 aromatic carbocycles. The fourth-order valence-electron chi connectivity index (χ4n) is 1.52. The fraction of sp³-hybridized carbons (Fsp3) is 0.214. The van der Waals surface area contributed by atoms with Crippen molar-refractivity contribution < 1.29 is 13.5 Å². The van der Waals surface area contributed by atoms with Gasteiger partial charge in [0.1, 0.15) is 5.01 Å². The van der Waals surface area contributed by atoms with Gasteiger partial charge < -0.3 is 5.11 Å². The highest BCUT2D eigenvalue weighted by Crippen LogP contribution is 2.11. The normalized spacial score (nSPS) is 10.9. The quantitative estimate of drug-likeness (QED) is 0.815. The van der Waals surface area contributed by atoms with Gasteiger partial charge in [-0.2, -0.15) is 0 Å². The zero-order valence-corrected chi connectivity index (χ0v) is 12.7. The standard InChI is InChI=1S/C14H14N2O3S2/c17-9-2-1-3-12-4-6-13(7-5-12)21(18,19)16-11-14-15-8-10-20-14/h4-8,10,16-17H,2,9,11H2. The number of thiazole rings is 1. The molecule has 1 heterocycles. The van der Waals surface area contributed by atoms with Crippen molar-refractivity contribution in [1.82, 2.24) is 9.71 Å². The minimum Gasteiger partial charge on any atom is -0.395 e. The van der Waals surface area contributed by atoms with Gasteiger partial charge in [-0.1, -0.05) is 11.8 Å². The van der Waals surface area contributed by atoms with E-state index in [0.29, 0.717) is 17.0 Å². The number of nitrogens with one attached hydrogen (secondary N) is 1. The third kappa shape index (κ3) is 4.65. The van der Waals surface area contributed by atoms with E-state index in [1.165, 1.54) is 23.5 Å². The van der Waals surface area contributed by atoms with Crippen LogP contribution in [0.15, 0.2) is 40.7 Å². The van der Waals surface area contributed by atoms with E-state index in [9.17, 15) is 8.42 Å². The van der Waals surface area contributed by atoms with E-state index in [4.69, 9.17) is 5.11 Å². The zero-order chi connectivity index (χ0) is 15.1. The molecule has 0 unspecified atom stereocenters. The molecule has 0 aliphatic heterocycles. The monoisotopic (exact) mass is 322 g/mol. The van der Waals surface area contributed by atoms with Crippen LogP contribution in [0.25, 0.3) is 0 Å². The first kappa shape index (κ1) is 15.7. The van der Waals surface area contributed by atoms with Gasteiger partial charge in [0, 0.05) is 23.6 Å². The molecule has 5 nitrogen and oxygen atoms in total. The summed E-state index contributed by atoms with van der Waals surface area (Å²) >= 11 is 1.40.